The lowest BCUT2D eigenvalue weighted by Gasteiger charge is -2.17. The monoisotopic (exact) mass is 240 g/mol. The van der Waals surface area contributed by atoms with Crippen molar-refractivity contribution in [2.45, 2.75) is 11.8 Å². The Balaban J connectivity index is 3.07. The highest BCUT2D eigenvalue weighted by molar-refractivity contribution is 7.89. The number of likely N-dealkylation sites (N-methyl/N-ethyl adjacent to an activating group) is 1. The van der Waals surface area contributed by atoms with Gasteiger partial charge in [0.25, 0.3) is 0 Å². The number of rotatable bonds is 4. The van der Waals surface area contributed by atoms with Crippen LogP contribution in [0.3, 0.4) is 0 Å². The van der Waals surface area contributed by atoms with Crippen molar-refractivity contribution < 1.29 is 8.42 Å². The van der Waals surface area contributed by atoms with E-state index in [2.05, 4.69) is 6.58 Å². The molecule has 0 fully saturated rings. The molecule has 88 valence electrons. The topological polar surface area (TPSA) is 63.4 Å². The molecular formula is C11H16N2O2S. The summed E-state index contributed by atoms with van der Waals surface area (Å²) < 4.78 is 25.4. The number of sulfonamides is 1. The normalized spacial score (nSPS) is 11.7. The molecule has 0 aromatic heterocycles. The average molecular weight is 240 g/mol. The highest BCUT2D eigenvalue weighted by Gasteiger charge is 2.20. The van der Waals surface area contributed by atoms with Crippen molar-refractivity contribution in [1.29, 1.82) is 0 Å². The molecule has 0 aliphatic carbocycles. The van der Waals surface area contributed by atoms with Crippen LogP contribution in [0, 0.1) is 0 Å². The largest absolute Gasteiger partial charge is 0.399 e. The Hall–Kier alpha value is -1.33. The molecule has 4 nitrogen and oxygen atoms in total. The molecule has 0 radical (unpaired) electrons. The molecule has 2 N–H and O–H groups in total. The molecule has 1 aromatic carbocycles. The van der Waals surface area contributed by atoms with Crippen molar-refractivity contribution in [3.63, 3.8) is 0 Å². The van der Waals surface area contributed by atoms with Gasteiger partial charge in [-0.05, 0) is 25.1 Å². The quantitative estimate of drug-likeness (QED) is 0.640. The molecule has 1 rings (SSSR count). The third-order valence-electron chi connectivity index (χ3n) is 2.06. The highest BCUT2D eigenvalue weighted by Crippen LogP contribution is 2.17. The molecule has 0 aliphatic heterocycles. The number of anilines is 1. The first-order valence-corrected chi connectivity index (χ1v) is 6.24. The lowest BCUT2D eigenvalue weighted by molar-refractivity contribution is 0.493. The molecule has 0 unspecified atom stereocenters. The van der Waals surface area contributed by atoms with E-state index in [0.29, 0.717) is 12.2 Å². The van der Waals surface area contributed by atoms with E-state index in [0.717, 1.165) is 5.57 Å². The Morgan fingerprint density at radius 1 is 1.50 bits per heavy atom. The van der Waals surface area contributed by atoms with Gasteiger partial charge >= 0.3 is 0 Å². The second-order valence-electron chi connectivity index (χ2n) is 3.79. The maximum atomic E-state index is 12.0. The van der Waals surface area contributed by atoms with Crippen LogP contribution in [0.1, 0.15) is 6.92 Å². The Labute approximate surface area is 96.4 Å². The van der Waals surface area contributed by atoms with E-state index in [4.69, 9.17) is 5.73 Å². The van der Waals surface area contributed by atoms with Gasteiger partial charge < -0.3 is 5.73 Å². The van der Waals surface area contributed by atoms with Crippen molar-refractivity contribution in [1.82, 2.24) is 4.31 Å². The van der Waals surface area contributed by atoms with E-state index in [1.54, 1.807) is 19.1 Å². The summed E-state index contributed by atoms with van der Waals surface area (Å²) in [6.45, 7) is 5.77. The SMILES string of the molecule is C=C(C)CN(C)S(=O)(=O)c1cccc(N)c1. The minimum atomic E-state index is -3.46. The van der Waals surface area contributed by atoms with Crippen LogP contribution in [0.25, 0.3) is 0 Å². The molecule has 0 atom stereocenters. The van der Waals surface area contributed by atoms with Crippen LogP contribution >= 0.6 is 0 Å². The van der Waals surface area contributed by atoms with E-state index in [1.807, 2.05) is 0 Å². The van der Waals surface area contributed by atoms with E-state index in [9.17, 15) is 8.42 Å². The van der Waals surface area contributed by atoms with Crippen LogP contribution in [0.4, 0.5) is 5.69 Å². The van der Waals surface area contributed by atoms with E-state index in [-0.39, 0.29) is 4.90 Å². The van der Waals surface area contributed by atoms with Crippen molar-refractivity contribution >= 4 is 15.7 Å². The lowest BCUT2D eigenvalue weighted by Crippen LogP contribution is -2.28. The minimum Gasteiger partial charge on any atom is -0.399 e. The second-order valence-corrected chi connectivity index (χ2v) is 5.84. The van der Waals surface area contributed by atoms with E-state index in [1.165, 1.54) is 23.5 Å². The molecule has 0 spiro atoms. The summed E-state index contributed by atoms with van der Waals surface area (Å²) in [5.74, 6) is 0. The molecule has 0 bridgehead atoms. The van der Waals surface area contributed by atoms with Crippen LogP contribution in [0.2, 0.25) is 0 Å². The number of nitrogens with zero attached hydrogens (tertiary/aromatic N) is 1. The van der Waals surface area contributed by atoms with Crippen molar-refractivity contribution in [3.8, 4) is 0 Å². The molecular weight excluding hydrogens is 224 g/mol. The molecule has 0 aliphatic rings. The fraction of sp³-hybridized carbons (Fsp3) is 0.273. The molecule has 5 heteroatoms. The number of benzene rings is 1. The third-order valence-corrected chi connectivity index (χ3v) is 3.86. The van der Waals surface area contributed by atoms with Crippen molar-refractivity contribution in [2.24, 2.45) is 0 Å². The fourth-order valence-corrected chi connectivity index (χ4v) is 2.61. The Bertz CT molecular complexity index is 494. The van der Waals surface area contributed by atoms with Crippen LogP contribution in [-0.2, 0) is 10.0 Å². The first-order valence-electron chi connectivity index (χ1n) is 4.80. The summed E-state index contributed by atoms with van der Waals surface area (Å²) >= 11 is 0. The average Bonchev–Trinajstić information content (AvgIpc) is 2.16. The first-order chi connectivity index (χ1) is 7.34. The molecule has 0 amide bonds. The smallest absolute Gasteiger partial charge is 0.243 e. The molecule has 0 saturated carbocycles. The summed E-state index contributed by atoms with van der Waals surface area (Å²) in [7, 11) is -1.94. The summed E-state index contributed by atoms with van der Waals surface area (Å²) in [4.78, 5) is 0.205. The van der Waals surface area contributed by atoms with Crippen LogP contribution in [-0.4, -0.2) is 26.3 Å². The van der Waals surface area contributed by atoms with Crippen molar-refractivity contribution in [3.05, 3.63) is 36.4 Å². The fourth-order valence-electron chi connectivity index (χ4n) is 1.32. The van der Waals surface area contributed by atoms with Crippen molar-refractivity contribution in [2.75, 3.05) is 19.3 Å². The maximum absolute atomic E-state index is 12.0. The van der Waals surface area contributed by atoms with Gasteiger partial charge in [-0.15, -0.1) is 0 Å². The molecule has 0 saturated heterocycles. The zero-order chi connectivity index (χ0) is 12.3. The van der Waals surface area contributed by atoms with Crippen LogP contribution < -0.4 is 5.73 Å². The Kier molecular flexibility index (Phi) is 3.72. The van der Waals surface area contributed by atoms with Gasteiger partial charge in [0.15, 0.2) is 0 Å². The van der Waals surface area contributed by atoms with Gasteiger partial charge in [0.05, 0.1) is 4.90 Å². The number of hydrogen-bond acceptors (Lipinski definition) is 3. The maximum Gasteiger partial charge on any atom is 0.243 e. The van der Waals surface area contributed by atoms with Gasteiger partial charge in [0, 0.05) is 19.3 Å². The van der Waals surface area contributed by atoms with Crippen LogP contribution in [0.5, 0.6) is 0 Å². The van der Waals surface area contributed by atoms with Gasteiger partial charge in [-0.2, -0.15) is 4.31 Å². The van der Waals surface area contributed by atoms with Crippen LogP contribution in [0.15, 0.2) is 41.3 Å². The summed E-state index contributed by atoms with van der Waals surface area (Å²) in [5, 5.41) is 0. The number of nitrogens with two attached hydrogens (primary N) is 1. The van der Waals surface area contributed by atoms with E-state index >= 15 is 0 Å². The molecule has 0 heterocycles. The van der Waals surface area contributed by atoms with Gasteiger partial charge in [-0.1, -0.05) is 18.2 Å². The standard InChI is InChI=1S/C11H16N2O2S/c1-9(2)8-13(3)16(14,15)11-6-4-5-10(12)7-11/h4-7H,1,8,12H2,2-3H3. The summed E-state index contributed by atoms with van der Waals surface area (Å²) in [6, 6.07) is 6.25. The first kappa shape index (κ1) is 12.7. The summed E-state index contributed by atoms with van der Waals surface area (Å²) in [6.07, 6.45) is 0. The zero-order valence-electron chi connectivity index (χ0n) is 9.47. The third kappa shape index (κ3) is 2.84. The zero-order valence-corrected chi connectivity index (χ0v) is 10.3. The number of nitrogen functional groups attached to an aromatic ring is 1. The van der Waals surface area contributed by atoms with Gasteiger partial charge in [-0.25, -0.2) is 8.42 Å². The van der Waals surface area contributed by atoms with Gasteiger partial charge in [-0.3, -0.25) is 0 Å². The number of hydrogen-bond donors (Lipinski definition) is 1. The summed E-state index contributed by atoms with van der Waals surface area (Å²) in [5.41, 5.74) is 6.78. The predicted octanol–water partition coefficient (Wildman–Crippen LogP) is 1.47. The Morgan fingerprint density at radius 3 is 2.62 bits per heavy atom. The Morgan fingerprint density at radius 2 is 2.12 bits per heavy atom. The predicted molar refractivity (Wildman–Crippen MR) is 65.5 cm³/mol. The molecule has 16 heavy (non-hydrogen) atoms. The minimum absolute atomic E-state index is 0.205. The molecule has 1 aromatic rings. The van der Waals surface area contributed by atoms with Gasteiger partial charge in [0.1, 0.15) is 0 Å². The second kappa shape index (κ2) is 4.67. The van der Waals surface area contributed by atoms with Gasteiger partial charge in [0.2, 0.25) is 10.0 Å². The lowest BCUT2D eigenvalue weighted by atomic mass is 10.3. The highest BCUT2D eigenvalue weighted by atomic mass is 32.2. The van der Waals surface area contributed by atoms with E-state index < -0.39 is 10.0 Å².